The van der Waals surface area contributed by atoms with Gasteiger partial charge in [0.15, 0.2) is 5.96 Å². The first kappa shape index (κ1) is 25.0. The molecule has 1 aromatic rings. The van der Waals surface area contributed by atoms with E-state index in [1.54, 1.807) is 12.1 Å². The van der Waals surface area contributed by atoms with E-state index in [2.05, 4.69) is 20.4 Å². The van der Waals surface area contributed by atoms with Crippen LogP contribution in [0.5, 0.6) is 0 Å². The summed E-state index contributed by atoms with van der Waals surface area (Å²) in [5, 5.41) is 6.51. The molecule has 5 nitrogen and oxygen atoms in total. The minimum Gasteiger partial charge on any atom is -0.378 e. The molecular weight excluding hydrogens is 486 g/mol. The van der Waals surface area contributed by atoms with Crippen molar-refractivity contribution >= 4 is 29.9 Å². The summed E-state index contributed by atoms with van der Waals surface area (Å²) in [5.41, 5.74) is 1.68. The van der Waals surface area contributed by atoms with E-state index in [-0.39, 0.29) is 30.6 Å². The second-order valence-corrected chi connectivity index (χ2v) is 6.47. The third kappa shape index (κ3) is 10.5. The number of halogens is 4. The number of aliphatic imine (C=N–C) groups is 1. The molecule has 28 heavy (non-hydrogen) atoms. The fourth-order valence-corrected chi connectivity index (χ4v) is 2.76. The summed E-state index contributed by atoms with van der Waals surface area (Å²) >= 11 is 0. The quantitative estimate of drug-likeness (QED) is 0.297. The summed E-state index contributed by atoms with van der Waals surface area (Å²) in [4.78, 5) is 4.55. The summed E-state index contributed by atoms with van der Waals surface area (Å²) in [5.74, 6) is 0.744. The van der Waals surface area contributed by atoms with E-state index < -0.39 is 12.8 Å². The Morgan fingerprint density at radius 1 is 1.21 bits per heavy atom. The zero-order chi connectivity index (χ0) is 19.5. The Hall–Kier alpha value is -1.07. The van der Waals surface area contributed by atoms with Crippen LogP contribution >= 0.6 is 24.0 Å². The van der Waals surface area contributed by atoms with E-state index in [9.17, 15) is 13.2 Å². The van der Waals surface area contributed by atoms with Crippen LogP contribution in [0.4, 0.5) is 13.2 Å². The van der Waals surface area contributed by atoms with Crippen molar-refractivity contribution in [2.75, 3.05) is 26.3 Å². The van der Waals surface area contributed by atoms with Crippen molar-refractivity contribution < 1.29 is 22.6 Å². The first-order chi connectivity index (χ1) is 13.0. The standard InChI is InChI=1S/C19H28F3N3O2.HI/c1-2-23-18(24-10-9-17-4-3-11-27-17)25-12-15-5-7-16(8-6-15)13-26-14-19(20,21)22;/h5-8,17H,2-4,9-14H2,1H3,(H2,23,24,25);1H. The van der Waals surface area contributed by atoms with E-state index in [1.165, 1.54) is 0 Å². The van der Waals surface area contributed by atoms with Gasteiger partial charge >= 0.3 is 6.18 Å². The van der Waals surface area contributed by atoms with Crippen molar-refractivity contribution in [1.29, 1.82) is 0 Å². The highest BCUT2D eigenvalue weighted by atomic mass is 127. The molecule has 0 aromatic heterocycles. The largest absolute Gasteiger partial charge is 0.411 e. The van der Waals surface area contributed by atoms with Crippen molar-refractivity contribution in [3.05, 3.63) is 35.4 Å². The molecule has 1 fully saturated rings. The highest BCUT2D eigenvalue weighted by Gasteiger charge is 2.27. The molecule has 0 spiro atoms. The molecule has 2 rings (SSSR count). The summed E-state index contributed by atoms with van der Waals surface area (Å²) in [7, 11) is 0. The van der Waals surface area contributed by atoms with Gasteiger partial charge in [0.2, 0.25) is 0 Å². The Morgan fingerprint density at radius 2 is 1.93 bits per heavy atom. The third-order valence-corrected chi connectivity index (χ3v) is 4.10. The van der Waals surface area contributed by atoms with E-state index in [0.29, 0.717) is 18.2 Å². The Balaban J connectivity index is 0.00000392. The molecule has 0 saturated carbocycles. The average molecular weight is 515 g/mol. The van der Waals surface area contributed by atoms with Crippen molar-refractivity contribution in [3.8, 4) is 0 Å². The molecule has 0 bridgehead atoms. The molecule has 1 unspecified atom stereocenters. The molecule has 2 N–H and O–H groups in total. The topological polar surface area (TPSA) is 54.9 Å². The van der Waals surface area contributed by atoms with Crippen LogP contribution in [0, 0.1) is 0 Å². The maximum Gasteiger partial charge on any atom is 0.411 e. The third-order valence-electron chi connectivity index (χ3n) is 4.10. The maximum absolute atomic E-state index is 12.1. The Morgan fingerprint density at radius 3 is 2.54 bits per heavy atom. The molecule has 0 aliphatic carbocycles. The Kier molecular flexibility index (Phi) is 11.8. The summed E-state index contributed by atoms with van der Waals surface area (Å²) < 4.78 is 46.5. The molecule has 1 aromatic carbocycles. The first-order valence-corrected chi connectivity index (χ1v) is 9.32. The predicted octanol–water partition coefficient (Wildman–Crippen LogP) is 4.01. The zero-order valence-corrected chi connectivity index (χ0v) is 18.4. The van der Waals surface area contributed by atoms with Crippen LogP contribution in [0.1, 0.15) is 37.3 Å². The van der Waals surface area contributed by atoms with Crippen molar-refractivity contribution in [2.24, 2.45) is 4.99 Å². The molecule has 9 heteroatoms. The molecule has 1 saturated heterocycles. The summed E-state index contributed by atoms with van der Waals surface area (Å²) in [6.07, 6.45) is -0.747. The number of hydrogen-bond acceptors (Lipinski definition) is 3. The lowest BCUT2D eigenvalue weighted by atomic mass is 10.1. The van der Waals surface area contributed by atoms with Crippen LogP contribution in [-0.2, 0) is 22.6 Å². The van der Waals surface area contributed by atoms with Crippen LogP contribution in [0.2, 0.25) is 0 Å². The minimum atomic E-state index is -4.30. The van der Waals surface area contributed by atoms with Gasteiger partial charge in [-0.25, -0.2) is 4.99 Å². The summed E-state index contributed by atoms with van der Waals surface area (Å²) in [6, 6.07) is 7.23. The lowest BCUT2D eigenvalue weighted by Crippen LogP contribution is -2.38. The second-order valence-electron chi connectivity index (χ2n) is 6.47. The number of alkyl halides is 3. The number of nitrogens with zero attached hydrogens (tertiary/aromatic N) is 1. The van der Waals surface area contributed by atoms with Crippen LogP contribution in [0.3, 0.4) is 0 Å². The SMILES string of the molecule is CCNC(=NCc1ccc(COCC(F)(F)F)cc1)NCCC1CCCO1.I. The van der Waals surface area contributed by atoms with Crippen molar-refractivity contribution in [3.63, 3.8) is 0 Å². The van der Waals surface area contributed by atoms with Gasteiger partial charge in [-0.05, 0) is 37.3 Å². The molecule has 1 atom stereocenters. The predicted molar refractivity (Wildman–Crippen MR) is 114 cm³/mol. The normalized spacial score (nSPS) is 17.3. The van der Waals surface area contributed by atoms with Gasteiger partial charge < -0.3 is 20.1 Å². The van der Waals surface area contributed by atoms with Gasteiger partial charge in [-0.1, -0.05) is 24.3 Å². The number of nitrogens with one attached hydrogen (secondary N) is 2. The highest BCUT2D eigenvalue weighted by Crippen LogP contribution is 2.16. The maximum atomic E-state index is 12.1. The van der Waals surface area contributed by atoms with E-state index in [4.69, 9.17) is 4.74 Å². The summed E-state index contributed by atoms with van der Waals surface area (Å²) in [6.45, 7) is 3.62. The second kappa shape index (κ2) is 13.2. The Labute approximate surface area is 181 Å². The van der Waals surface area contributed by atoms with Gasteiger partial charge in [-0.2, -0.15) is 13.2 Å². The van der Waals surface area contributed by atoms with Gasteiger partial charge in [0, 0.05) is 19.7 Å². The van der Waals surface area contributed by atoms with E-state index in [0.717, 1.165) is 50.5 Å². The van der Waals surface area contributed by atoms with Crippen molar-refractivity contribution in [2.45, 2.75) is 51.6 Å². The molecule has 0 amide bonds. The monoisotopic (exact) mass is 515 g/mol. The molecular formula is C19H29F3IN3O2. The lowest BCUT2D eigenvalue weighted by molar-refractivity contribution is -0.176. The highest BCUT2D eigenvalue weighted by molar-refractivity contribution is 14.0. The first-order valence-electron chi connectivity index (χ1n) is 9.32. The lowest BCUT2D eigenvalue weighted by Gasteiger charge is -2.13. The van der Waals surface area contributed by atoms with E-state index in [1.807, 2.05) is 19.1 Å². The number of ether oxygens (including phenoxy) is 2. The average Bonchev–Trinajstić information content (AvgIpc) is 3.13. The zero-order valence-electron chi connectivity index (χ0n) is 16.1. The molecule has 160 valence electrons. The van der Waals surface area contributed by atoms with Gasteiger partial charge in [0.1, 0.15) is 6.61 Å². The van der Waals surface area contributed by atoms with Gasteiger partial charge in [0.05, 0.1) is 19.3 Å². The smallest absolute Gasteiger partial charge is 0.378 e. The van der Waals surface area contributed by atoms with Crippen LogP contribution in [0.25, 0.3) is 0 Å². The Bertz CT molecular complexity index is 577. The number of rotatable bonds is 9. The fraction of sp³-hybridized carbons (Fsp3) is 0.632. The van der Waals surface area contributed by atoms with Crippen LogP contribution in [-0.4, -0.2) is 44.5 Å². The molecule has 1 heterocycles. The number of benzene rings is 1. The molecule has 0 radical (unpaired) electrons. The van der Waals surface area contributed by atoms with Crippen LogP contribution in [0.15, 0.2) is 29.3 Å². The minimum absolute atomic E-state index is 0. The molecule has 1 aliphatic rings. The number of hydrogen-bond donors (Lipinski definition) is 2. The van der Waals surface area contributed by atoms with Gasteiger partial charge in [0.25, 0.3) is 0 Å². The van der Waals surface area contributed by atoms with Gasteiger partial charge in [-0.15, -0.1) is 24.0 Å². The van der Waals surface area contributed by atoms with E-state index >= 15 is 0 Å². The van der Waals surface area contributed by atoms with Crippen LogP contribution < -0.4 is 10.6 Å². The van der Waals surface area contributed by atoms with Gasteiger partial charge in [-0.3, -0.25) is 0 Å². The van der Waals surface area contributed by atoms with Crippen molar-refractivity contribution in [1.82, 2.24) is 10.6 Å². The molecule has 1 aliphatic heterocycles. The number of guanidine groups is 1. The fourth-order valence-electron chi connectivity index (χ4n) is 2.76.